The van der Waals surface area contributed by atoms with Crippen molar-refractivity contribution < 1.29 is 17.6 Å². The Morgan fingerprint density at radius 1 is 1.30 bits per heavy atom. The first-order chi connectivity index (χ1) is 9.45. The van der Waals surface area contributed by atoms with Crippen molar-refractivity contribution in [2.75, 3.05) is 47.4 Å². The van der Waals surface area contributed by atoms with Crippen LogP contribution < -0.4 is 10.0 Å². The Kier molecular flexibility index (Phi) is 7.17. The van der Waals surface area contributed by atoms with Crippen LogP contribution in [0, 0.1) is 0 Å². The molecule has 20 heavy (non-hydrogen) atoms. The molecule has 0 spiro atoms. The summed E-state index contributed by atoms with van der Waals surface area (Å²) in [4.78, 5) is 2.06. The van der Waals surface area contributed by atoms with Crippen LogP contribution in [-0.4, -0.2) is 60.8 Å². The predicted molar refractivity (Wildman–Crippen MR) is 76.0 cm³/mol. The van der Waals surface area contributed by atoms with Gasteiger partial charge in [-0.3, -0.25) is 0 Å². The number of ether oxygens (including phenoxy) is 1. The molecule has 1 rings (SSSR count). The topological polar surface area (TPSA) is 83.8 Å². The maximum absolute atomic E-state index is 11.5. The summed E-state index contributed by atoms with van der Waals surface area (Å²) in [5.74, 6) is 0.576. The number of hydrogen-bond acceptors (Lipinski definition) is 6. The standard InChI is InChI=1S/C12H23N3O4S/c1-13-20(16,17)12-5-4-11(19-12)10-14-6-8-18-9-7-15(2)3/h4-5,13-14H,6-10H2,1-3H3. The smallest absolute Gasteiger partial charge is 0.273 e. The van der Waals surface area contributed by atoms with Crippen LogP contribution >= 0.6 is 0 Å². The maximum Gasteiger partial charge on any atom is 0.273 e. The van der Waals surface area contributed by atoms with Gasteiger partial charge < -0.3 is 19.4 Å². The zero-order valence-electron chi connectivity index (χ0n) is 12.2. The molecule has 1 heterocycles. The molecule has 0 atom stereocenters. The highest BCUT2D eigenvalue weighted by molar-refractivity contribution is 7.89. The van der Waals surface area contributed by atoms with E-state index in [4.69, 9.17) is 9.15 Å². The first-order valence-corrected chi connectivity index (χ1v) is 7.89. The molecule has 0 unspecified atom stereocenters. The van der Waals surface area contributed by atoms with Crippen LogP contribution in [0.1, 0.15) is 5.76 Å². The van der Waals surface area contributed by atoms with Gasteiger partial charge in [-0.2, -0.15) is 0 Å². The Morgan fingerprint density at radius 3 is 2.70 bits per heavy atom. The lowest BCUT2D eigenvalue weighted by Gasteiger charge is -2.09. The summed E-state index contributed by atoms with van der Waals surface area (Å²) in [5.41, 5.74) is 0. The molecule has 0 saturated heterocycles. The molecule has 2 N–H and O–H groups in total. The van der Waals surface area contributed by atoms with Gasteiger partial charge in [0.1, 0.15) is 5.76 Å². The van der Waals surface area contributed by atoms with Crippen LogP contribution in [0.3, 0.4) is 0 Å². The number of hydrogen-bond donors (Lipinski definition) is 2. The summed E-state index contributed by atoms with van der Waals surface area (Å²) in [5, 5.41) is 3.05. The molecule has 0 aliphatic heterocycles. The molecule has 7 nitrogen and oxygen atoms in total. The normalized spacial score (nSPS) is 12.2. The minimum atomic E-state index is -3.50. The van der Waals surface area contributed by atoms with E-state index in [9.17, 15) is 8.42 Å². The molecule has 1 aromatic rings. The fourth-order valence-electron chi connectivity index (χ4n) is 1.40. The third-order valence-electron chi connectivity index (χ3n) is 2.58. The number of rotatable bonds is 10. The SMILES string of the molecule is CNS(=O)(=O)c1ccc(CNCCOCCN(C)C)o1. The number of likely N-dealkylation sites (N-methyl/N-ethyl adjacent to an activating group) is 1. The van der Waals surface area contributed by atoms with Gasteiger partial charge >= 0.3 is 0 Å². The molecule has 8 heteroatoms. The average Bonchev–Trinajstić information content (AvgIpc) is 2.87. The molecule has 0 fully saturated rings. The van der Waals surface area contributed by atoms with Crippen molar-refractivity contribution in [1.82, 2.24) is 14.9 Å². The number of sulfonamides is 1. The van der Waals surface area contributed by atoms with Gasteiger partial charge in [-0.15, -0.1) is 0 Å². The molecule has 0 bridgehead atoms. The lowest BCUT2D eigenvalue weighted by Crippen LogP contribution is -2.23. The van der Waals surface area contributed by atoms with E-state index in [-0.39, 0.29) is 5.09 Å². The van der Waals surface area contributed by atoms with E-state index >= 15 is 0 Å². The third kappa shape index (κ3) is 6.02. The molecule has 116 valence electrons. The zero-order chi connectivity index (χ0) is 15.0. The van der Waals surface area contributed by atoms with Crippen LogP contribution in [0.15, 0.2) is 21.6 Å². The van der Waals surface area contributed by atoms with Gasteiger partial charge in [0, 0.05) is 13.1 Å². The van der Waals surface area contributed by atoms with Gasteiger partial charge in [0.05, 0.1) is 19.8 Å². The summed E-state index contributed by atoms with van der Waals surface area (Å²) in [6, 6.07) is 3.08. The quantitative estimate of drug-likeness (QED) is 0.585. The Labute approximate surface area is 120 Å². The van der Waals surface area contributed by atoms with Crippen molar-refractivity contribution in [3.8, 4) is 0 Å². The van der Waals surface area contributed by atoms with Gasteiger partial charge in [-0.1, -0.05) is 0 Å². The molecular formula is C12H23N3O4S. The second-order valence-electron chi connectivity index (χ2n) is 4.52. The van der Waals surface area contributed by atoms with E-state index < -0.39 is 10.0 Å². The van der Waals surface area contributed by atoms with E-state index in [2.05, 4.69) is 14.9 Å². The molecule has 0 amide bonds. The summed E-state index contributed by atoms with van der Waals surface area (Å²) in [7, 11) is 1.84. The maximum atomic E-state index is 11.5. The van der Waals surface area contributed by atoms with Crippen molar-refractivity contribution >= 4 is 10.0 Å². The highest BCUT2D eigenvalue weighted by atomic mass is 32.2. The van der Waals surface area contributed by atoms with Crippen molar-refractivity contribution in [3.05, 3.63) is 17.9 Å². The second-order valence-corrected chi connectivity index (χ2v) is 6.34. The Bertz CT molecular complexity index is 485. The molecule has 0 radical (unpaired) electrons. The molecule has 1 aromatic heterocycles. The number of nitrogens with zero attached hydrogens (tertiary/aromatic N) is 1. The highest BCUT2D eigenvalue weighted by Crippen LogP contribution is 2.12. The first-order valence-electron chi connectivity index (χ1n) is 6.41. The lowest BCUT2D eigenvalue weighted by atomic mass is 10.4. The first kappa shape index (κ1) is 17.1. The molecule has 0 aliphatic rings. The van der Waals surface area contributed by atoms with E-state index in [1.165, 1.54) is 13.1 Å². The van der Waals surface area contributed by atoms with Gasteiger partial charge in [0.2, 0.25) is 5.09 Å². The van der Waals surface area contributed by atoms with Crippen LogP contribution in [0.2, 0.25) is 0 Å². The van der Waals surface area contributed by atoms with Crippen molar-refractivity contribution in [2.24, 2.45) is 0 Å². The Morgan fingerprint density at radius 2 is 2.05 bits per heavy atom. The lowest BCUT2D eigenvalue weighted by molar-refractivity contribution is 0.119. The van der Waals surface area contributed by atoms with E-state index in [0.29, 0.717) is 32.1 Å². The van der Waals surface area contributed by atoms with Crippen LogP contribution in [0.4, 0.5) is 0 Å². The molecule has 0 aromatic carbocycles. The van der Waals surface area contributed by atoms with E-state index in [1.807, 2.05) is 14.1 Å². The number of furan rings is 1. The number of nitrogens with one attached hydrogen (secondary N) is 2. The van der Waals surface area contributed by atoms with Crippen molar-refractivity contribution in [1.29, 1.82) is 0 Å². The zero-order valence-corrected chi connectivity index (χ0v) is 13.0. The van der Waals surface area contributed by atoms with Crippen LogP contribution in [0.5, 0.6) is 0 Å². The monoisotopic (exact) mass is 305 g/mol. The highest BCUT2D eigenvalue weighted by Gasteiger charge is 2.15. The third-order valence-corrected chi connectivity index (χ3v) is 3.86. The van der Waals surface area contributed by atoms with Crippen molar-refractivity contribution in [3.63, 3.8) is 0 Å². The van der Waals surface area contributed by atoms with Crippen LogP contribution in [-0.2, 0) is 21.3 Å². The minimum absolute atomic E-state index is 0.0703. The largest absolute Gasteiger partial charge is 0.447 e. The predicted octanol–water partition coefficient (Wildman–Crippen LogP) is -0.144. The van der Waals surface area contributed by atoms with Gasteiger partial charge in [0.25, 0.3) is 10.0 Å². The Balaban J connectivity index is 2.20. The summed E-state index contributed by atoms with van der Waals surface area (Å²) in [6.45, 7) is 3.35. The van der Waals surface area contributed by atoms with Gasteiger partial charge in [-0.05, 0) is 33.3 Å². The van der Waals surface area contributed by atoms with Gasteiger partial charge in [0.15, 0.2) is 0 Å². The molecular weight excluding hydrogens is 282 g/mol. The molecule has 0 aliphatic carbocycles. The van der Waals surface area contributed by atoms with Gasteiger partial charge in [-0.25, -0.2) is 13.1 Å². The Hall–Kier alpha value is -0.930. The van der Waals surface area contributed by atoms with E-state index in [1.54, 1.807) is 6.07 Å². The van der Waals surface area contributed by atoms with E-state index in [0.717, 1.165) is 6.54 Å². The fraction of sp³-hybridized carbons (Fsp3) is 0.667. The average molecular weight is 305 g/mol. The summed E-state index contributed by atoms with van der Waals surface area (Å²) in [6.07, 6.45) is 0. The van der Waals surface area contributed by atoms with Crippen LogP contribution in [0.25, 0.3) is 0 Å². The molecule has 0 saturated carbocycles. The minimum Gasteiger partial charge on any atom is -0.447 e. The second kappa shape index (κ2) is 8.38. The summed E-state index contributed by atoms with van der Waals surface area (Å²) >= 11 is 0. The van der Waals surface area contributed by atoms with Crippen molar-refractivity contribution in [2.45, 2.75) is 11.6 Å². The fourth-order valence-corrected chi connectivity index (χ4v) is 2.07. The summed E-state index contributed by atoms with van der Waals surface area (Å²) < 4.78 is 35.8.